The molecule has 1 aromatic rings. The number of aliphatic hydroxyl groups is 1. The van der Waals surface area contributed by atoms with Crippen LogP contribution in [0.4, 0.5) is 4.39 Å². The van der Waals surface area contributed by atoms with Crippen LogP contribution in [0.25, 0.3) is 0 Å². The monoisotopic (exact) mass is 319 g/mol. The van der Waals surface area contributed by atoms with Crippen LogP contribution in [0, 0.1) is 5.82 Å². The van der Waals surface area contributed by atoms with Gasteiger partial charge in [0.2, 0.25) is 10.0 Å². The molecule has 0 amide bonds. The lowest BCUT2D eigenvalue weighted by Gasteiger charge is -2.28. The van der Waals surface area contributed by atoms with E-state index in [-0.39, 0.29) is 18.6 Å². The molecule has 8 heteroatoms. The first-order valence-electron chi connectivity index (χ1n) is 6.33. The third-order valence-corrected chi connectivity index (χ3v) is 4.96. The van der Waals surface area contributed by atoms with Crippen molar-refractivity contribution in [2.45, 2.75) is 37.1 Å². The summed E-state index contributed by atoms with van der Waals surface area (Å²) in [5, 5.41) is 17.7. The lowest BCUT2D eigenvalue weighted by atomic mass is 9.97. The van der Waals surface area contributed by atoms with Crippen molar-refractivity contribution >= 4 is 16.0 Å². The maximum atomic E-state index is 13.8. The van der Waals surface area contributed by atoms with Crippen LogP contribution < -0.4 is 4.72 Å². The summed E-state index contributed by atoms with van der Waals surface area (Å²) >= 11 is 0. The van der Waals surface area contributed by atoms with E-state index in [1.807, 2.05) is 0 Å². The van der Waals surface area contributed by atoms with Crippen LogP contribution in [0.3, 0.4) is 0 Å². The van der Waals surface area contributed by atoms with Gasteiger partial charge in [-0.3, -0.25) is 0 Å². The predicted octanol–water partition coefficient (Wildman–Crippen LogP) is 1.35. The van der Waals surface area contributed by atoms with Crippen LogP contribution in [-0.2, 0) is 10.0 Å². The largest absolute Gasteiger partial charge is 0.478 e. The van der Waals surface area contributed by atoms with Crippen molar-refractivity contribution in [2.75, 3.05) is 6.61 Å². The SMILES string of the molecule is CCC(C)(CCO)NS(=O)(=O)c1ccc(C(=O)O)cc1F. The molecule has 0 saturated heterocycles. The maximum Gasteiger partial charge on any atom is 0.335 e. The van der Waals surface area contributed by atoms with Gasteiger partial charge in [-0.1, -0.05) is 6.92 Å². The van der Waals surface area contributed by atoms with Crippen molar-refractivity contribution in [1.29, 1.82) is 0 Å². The number of hydrogen-bond donors (Lipinski definition) is 3. The van der Waals surface area contributed by atoms with Gasteiger partial charge in [0.1, 0.15) is 10.7 Å². The number of aliphatic hydroxyl groups excluding tert-OH is 1. The zero-order chi connectivity index (χ0) is 16.3. The Labute approximate surface area is 122 Å². The molecule has 0 aliphatic heterocycles. The lowest BCUT2D eigenvalue weighted by molar-refractivity contribution is 0.0696. The minimum absolute atomic E-state index is 0.178. The Morgan fingerprint density at radius 1 is 1.43 bits per heavy atom. The fraction of sp³-hybridized carbons (Fsp3) is 0.462. The molecule has 6 nitrogen and oxygen atoms in total. The highest BCUT2D eigenvalue weighted by molar-refractivity contribution is 7.89. The van der Waals surface area contributed by atoms with Crippen molar-refractivity contribution in [2.24, 2.45) is 0 Å². The molecule has 0 saturated carbocycles. The van der Waals surface area contributed by atoms with Gasteiger partial charge in [-0.15, -0.1) is 0 Å². The number of carboxylic acid groups (broad SMARTS) is 1. The average molecular weight is 319 g/mol. The van der Waals surface area contributed by atoms with Crippen molar-refractivity contribution in [3.8, 4) is 0 Å². The van der Waals surface area contributed by atoms with E-state index in [1.165, 1.54) is 0 Å². The molecule has 0 aromatic heterocycles. The second-order valence-electron chi connectivity index (χ2n) is 4.94. The molecule has 1 atom stereocenters. The van der Waals surface area contributed by atoms with Gasteiger partial charge in [-0.2, -0.15) is 0 Å². The number of aromatic carboxylic acids is 1. The Kier molecular flexibility index (Phi) is 5.43. The van der Waals surface area contributed by atoms with E-state index in [0.29, 0.717) is 12.5 Å². The summed E-state index contributed by atoms with van der Waals surface area (Å²) in [7, 11) is -4.15. The van der Waals surface area contributed by atoms with Crippen LogP contribution in [0.5, 0.6) is 0 Å². The first kappa shape index (κ1) is 17.5. The zero-order valence-corrected chi connectivity index (χ0v) is 12.6. The Balaban J connectivity index is 3.17. The third-order valence-electron chi connectivity index (χ3n) is 3.29. The van der Waals surface area contributed by atoms with E-state index in [1.54, 1.807) is 13.8 Å². The molecular weight excluding hydrogens is 301 g/mol. The van der Waals surface area contributed by atoms with E-state index in [9.17, 15) is 17.6 Å². The van der Waals surface area contributed by atoms with E-state index in [0.717, 1.165) is 12.1 Å². The highest BCUT2D eigenvalue weighted by Gasteiger charge is 2.30. The molecule has 1 aromatic carbocycles. The first-order chi connectivity index (χ1) is 9.65. The molecule has 21 heavy (non-hydrogen) atoms. The lowest BCUT2D eigenvalue weighted by Crippen LogP contribution is -2.46. The van der Waals surface area contributed by atoms with Gasteiger partial charge in [0.15, 0.2) is 0 Å². The van der Waals surface area contributed by atoms with Crippen molar-refractivity contribution in [1.82, 2.24) is 4.72 Å². The van der Waals surface area contributed by atoms with Gasteiger partial charge in [0, 0.05) is 12.1 Å². The average Bonchev–Trinajstić information content (AvgIpc) is 2.37. The van der Waals surface area contributed by atoms with Crippen molar-refractivity contribution in [3.63, 3.8) is 0 Å². The molecule has 0 heterocycles. The summed E-state index contributed by atoms with van der Waals surface area (Å²) < 4.78 is 40.6. The van der Waals surface area contributed by atoms with Crippen LogP contribution in [-0.4, -0.2) is 36.7 Å². The second-order valence-corrected chi connectivity index (χ2v) is 6.59. The number of nitrogens with one attached hydrogen (secondary N) is 1. The Morgan fingerprint density at radius 2 is 2.05 bits per heavy atom. The summed E-state index contributed by atoms with van der Waals surface area (Å²) in [6, 6.07) is 2.59. The topological polar surface area (TPSA) is 104 Å². The number of hydrogen-bond acceptors (Lipinski definition) is 4. The van der Waals surface area contributed by atoms with Crippen LogP contribution >= 0.6 is 0 Å². The zero-order valence-electron chi connectivity index (χ0n) is 11.8. The molecule has 1 rings (SSSR count). The number of benzene rings is 1. The quantitative estimate of drug-likeness (QED) is 0.704. The van der Waals surface area contributed by atoms with E-state index < -0.39 is 32.2 Å². The van der Waals surface area contributed by atoms with E-state index in [2.05, 4.69) is 4.72 Å². The van der Waals surface area contributed by atoms with Crippen molar-refractivity contribution < 1.29 is 27.8 Å². The maximum absolute atomic E-state index is 13.8. The molecular formula is C13H18FNO5S. The number of carboxylic acids is 1. The molecule has 0 fully saturated rings. The molecule has 0 aliphatic carbocycles. The Hall–Kier alpha value is -1.51. The standard InChI is InChI=1S/C13H18FNO5S/c1-3-13(2,6-7-16)15-21(19,20)11-5-4-9(12(17)18)8-10(11)14/h4-5,8,15-16H,3,6-7H2,1-2H3,(H,17,18). The second kappa shape index (κ2) is 6.50. The van der Waals surface area contributed by atoms with Gasteiger partial charge in [0.05, 0.1) is 5.56 Å². The molecule has 0 aliphatic rings. The fourth-order valence-corrected chi connectivity index (χ4v) is 3.35. The van der Waals surface area contributed by atoms with Gasteiger partial charge in [-0.25, -0.2) is 22.3 Å². The van der Waals surface area contributed by atoms with Crippen LogP contribution in [0.2, 0.25) is 0 Å². The van der Waals surface area contributed by atoms with Crippen molar-refractivity contribution in [3.05, 3.63) is 29.6 Å². The smallest absolute Gasteiger partial charge is 0.335 e. The minimum atomic E-state index is -4.15. The highest BCUT2D eigenvalue weighted by Crippen LogP contribution is 2.21. The Bertz CT molecular complexity index is 631. The molecule has 0 bridgehead atoms. The number of halogens is 1. The minimum Gasteiger partial charge on any atom is -0.478 e. The van der Waals surface area contributed by atoms with Crippen LogP contribution in [0.15, 0.2) is 23.1 Å². The molecule has 0 radical (unpaired) electrons. The van der Waals surface area contributed by atoms with Gasteiger partial charge in [0.25, 0.3) is 0 Å². The number of rotatable bonds is 7. The normalized spacial score (nSPS) is 14.7. The predicted molar refractivity (Wildman–Crippen MR) is 74.1 cm³/mol. The fourth-order valence-electron chi connectivity index (χ4n) is 1.78. The summed E-state index contributed by atoms with van der Waals surface area (Å²) in [5.41, 5.74) is -1.24. The summed E-state index contributed by atoms with van der Waals surface area (Å²) in [6.07, 6.45) is 0.583. The highest BCUT2D eigenvalue weighted by atomic mass is 32.2. The molecule has 1 unspecified atom stereocenters. The molecule has 3 N–H and O–H groups in total. The molecule has 118 valence electrons. The third kappa shape index (κ3) is 4.23. The first-order valence-corrected chi connectivity index (χ1v) is 7.81. The van der Waals surface area contributed by atoms with E-state index >= 15 is 0 Å². The summed E-state index contributed by atoms with van der Waals surface area (Å²) in [5.74, 6) is -2.48. The number of sulfonamides is 1. The molecule has 0 spiro atoms. The van der Waals surface area contributed by atoms with E-state index in [4.69, 9.17) is 10.2 Å². The van der Waals surface area contributed by atoms with Gasteiger partial charge >= 0.3 is 5.97 Å². The summed E-state index contributed by atoms with van der Waals surface area (Å²) in [6.45, 7) is 3.12. The summed E-state index contributed by atoms with van der Waals surface area (Å²) in [4.78, 5) is 10.1. The van der Waals surface area contributed by atoms with Crippen LogP contribution in [0.1, 0.15) is 37.0 Å². The number of carbonyl (C=O) groups is 1. The Morgan fingerprint density at radius 3 is 2.48 bits per heavy atom. The van der Waals surface area contributed by atoms with Gasteiger partial charge in [-0.05, 0) is 38.0 Å². The van der Waals surface area contributed by atoms with Gasteiger partial charge < -0.3 is 10.2 Å².